The van der Waals surface area contributed by atoms with Crippen molar-refractivity contribution in [3.05, 3.63) is 71.0 Å². The van der Waals surface area contributed by atoms with Crippen LogP contribution in [0.2, 0.25) is 0 Å². The number of benzene rings is 2. The SMILES string of the molecule is Cc1cccc(F)c1C(=O)NC(c1ccccc1)C1(N(C)C)CCCC1. The lowest BCUT2D eigenvalue weighted by Crippen LogP contribution is -2.53. The fraction of sp³-hybridized carbons (Fsp3) is 0.409. The second-order valence-electron chi connectivity index (χ2n) is 7.45. The summed E-state index contributed by atoms with van der Waals surface area (Å²) in [7, 11) is 4.14. The van der Waals surface area contributed by atoms with E-state index in [-0.39, 0.29) is 23.1 Å². The molecule has 1 N–H and O–H groups in total. The molecule has 1 aliphatic rings. The summed E-state index contributed by atoms with van der Waals surface area (Å²) in [6, 6.07) is 14.6. The van der Waals surface area contributed by atoms with Crippen LogP contribution < -0.4 is 5.32 Å². The van der Waals surface area contributed by atoms with Gasteiger partial charge in [0.2, 0.25) is 0 Å². The molecule has 0 radical (unpaired) electrons. The number of rotatable bonds is 5. The zero-order valence-electron chi connectivity index (χ0n) is 15.8. The molecule has 0 bridgehead atoms. The highest BCUT2D eigenvalue weighted by Gasteiger charge is 2.44. The van der Waals surface area contributed by atoms with Crippen molar-refractivity contribution in [2.45, 2.75) is 44.2 Å². The quantitative estimate of drug-likeness (QED) is 0.859. The average Bonchev–Trinajstić information content (AvgIpc) is 3.11. The van der Waals surface area contributed by atoms with Crippen LogP contribution in [0.15, 0.2) is 48.5 Å². The van der Waals surface area contributed by atoms with E-state index in [1.807, 2.05) is 30.3 Å². The third-order valence-electron chi connectivity index (χ3n) is 5.75. The van der Waals surface area contributed by atoms with Crippen LogP contribution in [0.25, 0.3) is 0 Å². The maximum atomic E-state index is 14.3. The summed E-state index contributed by atoms with van der Waals surface area (Å²) in [6.07, 6.45) is 4.29. The van der Waals surface area contributed by atoms with Gasteiger partial charge in [-0.05, 0) is 51.1 Å². The lowest BCUT2D eigenvalue weighted by molar-refractivity contribution is 0.0762. The van der Waals surface area contributed by atoms with Crippen molar-refractivity contribution in [2.75, 3.05) is 14.1 Å². The summed E-state index contributed by atoms with van der Waals surface area (Å²) in [6.45, 7) is 1.77. The minimum absolute atomic E-state index is 0.139. The first kappa shape index (κ1) is 18.6. The molecule has 1 aliphatic carbocycles. The zero-order chi connectivity index (χ0) is 18.7. The second-order valence-corrected chi connectivity index (χ2v) is 7.45. The molecule has 26 heavy (non-hydrogen) atoms. The lowest BCUT2D eigenvalue weighted by atomic mass is 9.82. The predicted octanol–water partition coefficient (Wildman–Crippen LogP) is 4.48. The molecule has 2 aromatic rings. The van der Waals surface area contributed by atoms with Crippen molar-refractivity contribution < 1.29 is 9.18 Å². The Morgan fingerprint density at radius 1 is 1.08 bits per heavy atom. The number of hydrogen-bond acceptors (Lipinski definition) is 2. The van der Waals surface area contributed by atoms with E-state index >= 15 is 0 Å². The van der Waals surface area contributed by atoms with Gasteiger partial charge in [0.15, 0.2) is 0 Å². The van der Waals surface area contributed by atoms with Gasteiger partial charge in [-0.2, -0.15) is 0 Å². The Balaban J connectivity index is 2.01. The van der Waals surface area contributed by atoms with E-state index in [1.165, 1.54) is 6.07 Å². The van der Waals surface area contributed by atoms with E-state index in [4.69, 9.17) is 0 Å². The molecule has 0 saturated heterocycles. The van der Waals surface area contributed by atoms with Gasteiger partial charge < -0.3 is 10.2 Å². The summed E-state index contributed by atoms with van der Waals surface area (Å²) < 4.78 is 14.3. The molecule has 0 spiro atoms. The van der Waals surface area contributed by atoms with Crippen molar-refractivity contribution in [1.29, 1.82) is 0 Å². The van der Waals surface area contributed by atoms with Crippen molar-refractivity contribution in [2.24, 2.45) is 0 Å². The largest absolute Gasteiger partial charge is 0.343 e. The molecule has 138 valence electrons. The van der Waals surface area contributed by atoms with Crippen molar-refractivity contribution in [1.82, 2.24) is 10.2 Å². The van der Waals surface area contributed by atoms with Gasteiger partial charge in [-0.1, -0.05) is 55.3 Å². The number of amides is 1. The van der Waals surface area contributed by atoms with Gasteiger partial charge in [0.25, 0.3) is 5.91 Å². The van der Waals surface area contributed by atoms with E-state index in [9.17, 15) is 9.18 Å². The van der Waals surface area contributed by atoms with Gasteiger partial charge in [-0.25, -0.2) is 4.39 Å². The van der Waals surface area contributed by atoms with Crippen LogP contribution in [0.5, 0.6) is 0 Å². The number of likely N-dealkylation sites (N-methyl/N-ethyl adjacent to an activating group) is 1. The number of halogens is 1. The molecule has 3 rings (SSSR count). The summed E-state index contributed by atoms with van der Waals surface area (Å²) in [4.78, 5) is 15.3. The number of carbonyl (C=O) groups excluding carboxylic acids is 1. The fourth-order valence-corrected chi connectivity index (χ4v) is 4.28. The third-order valence-corrected chi connectivity index (χ3v) is 5.75. The van der Waals surface area contributed by atoms with Crippen LogP contribution in [0, 0.1) is 12.7 Å². The van der Waals surface area contributed by atoms with E-state index in [2.05, 4.69) is 24.3 Å². The fourth-order valence-electron chi connectivity index (χ4n) is 4.28. The van der Waals surface area contributed by atoms with E-state index in [0.29, 0.717) is 5.56 Å². The minimum atomic E-state index is -0.473. The number of nitrogens with zero attached hydrogens (tertiary/aromatic N) is 1. The average molecular weight is 354 g/mol. The number of hydrogen-bond donors (Lipinski definition) is 1. The minimum Gasteiger partial charge on any atom is -0.343 e. The number of carbonyl (C=O) groups is 1. The first-order chi connectivity index (χ1) is 12.5. The van der Waals surface area contributed by atoms with Crippen LogP contribution in [0.1, 0.15) is 53.2 Å². The van der Waals surface area contributed by atoms with E-state index < -0.39 is 5.82 Å². The van der Waals surface area contributed by atoms with Gasteiger partial charge in [-0.3, -0.25) is 4.79 Å². The summed E-state index contributed by atoms with van der Waals surface area (Å²) in [5.41, 5.74) is 1.70. The standard InChI is InChI=1S/C22H27FN2O/c1-16-10-9-13-18(23)19(16)21(26)24-20(17-11-5-4-6-12-17)22(25(2)3)14-7-8-15-22/h4-6,9-13,20H,7-8,14-15H2,1-3H3,(H,24,26). The molecular formula is C22H27FN2O. The first-order valence-corrected chi connectivity index (χ1v) is 9.24. The Morgan fingerprint density at radius 2 is 1.73 bits per heavy atom. The Labute approximate surface area is 155 Å². The third kappa shape index (κ3) is 3.38. The molecule has 1 amide bonds. The van der Waals surface area contributed by atoms with Crippen LogP contribution in [0.3, 0.4) is 0 Å². The maximum absolute atomic E-state index is 14.3. The lowest BCUT2D eigenvalue weighted by Gasteiger charge is -2.44. The van der Waals surface area contributed by atoms with Crippen LogP contribution in [-0.4, -0.2) is 30.4 Å². The molecule has 0 aliphatic heterocycles. The van der Waals surface area contributed by atoms with Gasteiger partial charge in [0.1, 0.15) is 5.82 Å². The molecular weight excluding hydrogens is 327 g/mol. The molecule has 1 fully saturated rings. The Hall–Kier alpha value is -2.20. The predicted molar refractivity (Wildman–Crippen MR) is 103 cm³/mol. The summed E-state index contributed by atoms with van der Waals surface area (Å²) in [5.74, 6) is -0.817. The normalized spacial score (nSPS) is 17.3. The molecule has 0 heterocycles. The van der Waals surface area contributed by atoms with Crippen molar-refractivity contribution in [3.63, 3.8) is 0 Å². The Kier molecular flexibility index (Phi) is 5.42. The highest BCUT2D eigenvalue weighted by Crippen LogP contribution is 2.43. The van der Waals surface area contributed by atoms with Crippen molar-refractivity contribution >= 4 is 5.91 Å². The number of aryl methyl sites for hydroxylation is 1. The number of nitrogens with one attached hydrogen (secondary N) is 1. The van der Waals surface area contributed by atoms with Gasteiger partial charge >= 0.3 is 0 Å². The molecule has 4 heteroatoms. The zero-order valence-corrected chi connectivity index (χ0v) is 15.8. The van der Waals surface area contributed by atoms with Crippen molar-refractivity contribution in [3.8, 4) is 0 Å². The maximum Gasteiger partial charge on any atom is 0.255 e. The Morgan fingerprint density at radius 3 is 2.31 bits per heavy atom. The van der Waals surface area contributed by atoms with Gasteiger partial charge in [-0.15, -0.1) is 0 Å². The molecule has 1 atom stereocenters. The highest BCUT2D eigenvalue weighted by molar-refractivity contribution is 5.96. The van der Waals surface area contributed by atoms with Gasteiger partial charge in [0, 0.05) is 5.54 Å². The molecule has 3 nitrogen and oxygen atoms in total. The summed E-state index contributed by atoms with van der Waals surface area (Å²) >= 11 is 0. The first-order valence-electron chi connectivity index (χ1n) is 9.24. The van der Waals surface area contributed by atoms with Crippen LogP contribution >= 0.6 is 0 Å². The molecule has 1 unspecified atom stereocenters. The molecule has 1 saturated carbocycles. The Bertz CT molecular complexity index is 747. The molecule has 0 aromatic heterocycles. The topological polar surface area (TPSA) is 32.3 Å². The van der Waals surface area contributed by atoms with Crippen LogP contribution in [-0.2, 0) is 0 Å². The van der Waals surface area contributed by atoms with Crippen LogP contribution in [0.4, 0.5) is 4.39 Å². The van der Waals surface area contributed by atoms with Gasteiger partial charge in [0.05, 0.1) is 11.6 Å². The smallest absolute Gasteiger partial charge is 0.255 e. The molecule has 2 aromatic carbocycles. The van der Waals surface area contributed by atoms with E-state index in [0.717, 1.165) is 31.2 Å². The second kappa shape index (κ2) is 7.58. The monoisotopic (exact) mass is 354 g/mol. The summed E-state index contributed by atoms with van der Waals surface area (Å²) in [5, 5.41) is 3.17. The van der Waals surface area contributed by atoms with E-state index in [1.54, 1.807) is 19.1 Å². The highest BCUT2D eigenvalue weighted by atomic mass is 19.1.